The quantitative estimate of drug-likeness (QED) is 0.296. The van der Waals surface area contributed by atoms with Gasteiger partial charge < -0.3 is 15.2 Å². The molecule has 130 valence electrons. The van der Waals surface area contributed by atoms with E-state index >= 15 is 0 Å². The second-order valence-corrected chi connectivity index (χ2v) is 5.71. The van der Waals surface area contributed by atoms with Gasteiger partial charge >= 0.3 is 0 Å². The molecule has 0 spiro atoms. The first kappa shape index (κ1) is 20.0. The summed E-state index contributed by atoms with van der Waals surface area (Å²) in [5.41, 5.74) is 1.05. The molecule has 0 aromatic carbocycles. The van der Waals surface area contributed by atoms with Crippen LogP contribution in [-0.4, -0.2) is 23.7 Å². The Kier molecular flexibility index (Phi) is 9.28. The van der Waals surface area contributed by atoms with Crippen LogP contribution in [0, 0.1) is 0 Å². The Bertz CT molecular complexity index is 500. The van der Waals surface area contributed by atoms with E-state index in [-0.39, 0.29) is 24.0 Å². The fraction of sp³-hybridized carbons (Fsp3) is 0.647. The van der Waals surface area contributed by atoms with Gasteiger partial charge in [0, 0.05) is 24.6 Å². The lowest BCUT2D eigenvalue weighted by Gasteiger charge is -2.16. The van der Waals surface area contributed by atoms with Gasteiger partial charge in [0.25, 0.3) is 0 Å². The standard InChI is InChI=1S/C17H28N4O.HI/c1-4-13(5-2)16-11-15(22-21-16)12-19-17(18-6-3)20-14-9-7-8-10-14;/h7-8,11,13-14H,4-6,9-10,12H2,1-3H3,(H2,18,19,20);1H. The average molecular weight is 432 g/mol. The van der Waals surface area contributed by atoms with Gasteiger partial charge in [-0.15, -0.1) is 24.0 Å². The fourth-order valence-corrected chi connectivity index (χ4v) is 2.71. The fourth-order valence-electron chi connectivity index (χ4n) is 2.71. The summed E-state index contributed by atoms with van der Waals surface area (Å²) in [4.78, 5) is 4.60. The summed E-state index contributed by atoms with van der Waals surface area (Å²) in [5.74, 6) is 2.15. The number of hydrogen-bond donors (Lipinski definition) is 2. The van der Waals surface area contributed by atoms with Crippen LogP contribution in [0.4, 0.5) is 0 Å². The van der Waals surface area contributed by atoms with Crippen molar-refractivity contribution in [1.82, 2.24) is 15.8 Å². The zero-order chi connectivity index (χ0) is 15.8. The molecule has 0 saturated carbocycles. The molecule has 6 heteroatoms. The molecular formula is C17H29IN4O. The molecule has 0 fully saturated rings. The van der Waals surface area contributed by atoms with Crippen molar-refractivity contribution in [2.45, 2.75) is 65.0 Å². The first-order valence-corrected chi connectivity index (χ1v) is 8.42. The van der Waals surface area contributed by atoms with E-state index in [1.165, 1.54) is 0 Å². The number of nitrogens with zero attached hydrogens (tertiary/aromatic N) is 2. The summed E-state index contributed by atoms with van der Waals surface area (Å²) in [6.07, 6.45) is 8.71. The maximum Gasteiger partial charge on any atom is 0.191 e. The van der Waals surface area contributed by atoms with E-state index in [0.717, 1.165) is 49.6 Å². The zero-order valence-corrected chi connectivity index (χ0v) is 16.7. The summed E-state index contributed by atoms with van der Waals surface area (Å²) in [6, 6.07) is 2.50. The van der Waals surface area contributed by atoms with Crippen molar-refractivity contribution in [2.75, 3.05) is 6.54 Å². The molecule has 1 aromatic heterocycles. The normalized spacial score (nSPS) is 15.0. The van der Waals surface area contributed by atoms with Gasteiger partial charge in [0.1, 0.15) is 6.54 Å². The van der Waals surface area contributed by atoms with Crippen LogP contribution in [0.5, 0.6) is 0 Å². The molecule has 5 nitrogen and oxygen atoms in total. The van der Waals surface area contributed by atoms with Gasteiger partial charge in [0.05, 0.1) is 5.69 Å². The minimum atomic E-state index is 0. The number of halogens is 1. The SMILES string of the molecule is CCNC(=NCc1cc(C(CC)CC)no1)NC1CC=CC1.I. The van der Waals surface area contributed by atoms with E-state index < -0.39 is 0 Å². The topological polar surface area (TPSA) is 62.5 Å². The molecular weight excluding hydrogens is 403 g/mol. The molecule has 2 rings (SSSR count). The number of hydrogen-bond acceptors (Lipinski definition) is 3. The third-order valence-corrected chi connectivity index (χ3v) is 4.07. The third kappa shape index (κ3) is 6.16. The van der Waals surface area contributed by atoms with Crippen molar-refractivity contribution in [3.05, 3.63) is 29.7 Å². The number of guanidine groups is 1. The van der Waals surface area contributed by atoms with Gasteiger partial charge in [-0.3, -0.25) is 0 Å². The van der Waals surface area contributed by atoms with Gasteiger partial charge in [-0.2, -0.15) is 0 Å². The van der Waals surface area contributed by atoms with Gasteiger partial charge in [0.15, 0.2) is 11.7 Å². The summed E-state index contributed by atoms with van der Waals surface area (Å²) in [5, 5.41) is 10.9. The Morgan fingerprint density at radius 2 is 2.00 bits per heavy atom. The first-order valence-electron chi connectivity index (χ1n) is 8.42. The average Bonchev–Trinajstić information content (AvgIpc) is 3.18. The third-order valence-electron chi connectivity index (χ3n) is 4.07. The molecule has 1 aliphatic rings. The lowest BCUT2D eigenvalue weighted by Crippen LogP contribution is -2.42. The molecule has 0 aliphatic heterocycles. The summed E-state index contributed by atoms with van der Waals surface area (Å²) in [7, 11) is 0. The van der Waals surface area contributed by atoms with E-state index in [2.05, 4.69) is 53.7 Å². The summed E-state index contributed by atoms with van der Waals surface area (Å²) < 4.78 is 5.42. The molecule has 2 N–H and O–H groups in total. The second kappa shape index (κ2) is 10.7. The highest BCUT2D eigenvalue weighted by atomic mass is 127. The minimum Gasteiger partial charge on any atom is -0.359 e. The van der Waals surface area contributed by atoms with Crippen LogP contribution in [0.2, 0.25) is 0 Å². The molecule has 0 bridgehead atoms. The molecule has 0 atom stereocenters. The predicted octanol–water partition coefficient (Wildman–Crippen LogP) is 3.97. The van der Waals surface area contributed by atoms with Crippen molar-refractivity contribution in [3.63, 3.8) is 0 Å². The summed E-state index contributed by atoms with van der Waals surface area (Å²) >= 11 is 0. The van der Waals surface area contributed by atoms with Crippen LogP contribution < -0.4 is 10.6 Å². The van der Waals surface area contributed by atoms with E-state index in [9.17, 15) is 0 Å². The van der Waals surface area contributed by atoms with E-state index in [1.807, 2.05) is 6.07 Å². The summed E-state index contributed by atoms with van der Waals surface area (Å²) in [6.45, 7) is 7.81. The monoisotopic (exact) mass is 432 g/mol. The van der Waals surface area contributed by atoms with Crippen molar-refractivity contribution >= 4 is 29.9 Å². The zero-order valence-electron chi connectivity index (χ0n) is 14.3. The predicted molar refractivity (Wildman–Crippen MR) is 105 cm³/mol. The van der Waals surface area contributed by atoms with Gasteiger partial charge in [-0.25, -0.2) is 4.99 Å². The van der Waals surface area contributed by atoms with Crippen molar-refractivity contribution in [2.24, 2.45) is 4.99 Å². The molecule has 0 saturated heterocycles. The van der Waals surface area contributed by atoms with Crippen LogP contribution in [0.3, 0.4) is 0 Å². The van der Waals surface area contributed by atoms with Crippen molar-refractivity contribution in [3.8, 4) is 0 Å². The molecule has 23 heavy (non-hydrogen) atoms. The van der Waals surface area contributed by atoms with Gasteiger partial charge in [-0.05, 0) is 32.6 Å². The Labute approximate surface area is 156 Å². The van der Waals surface area contributed by atoms with Crippen molar-refractivity contribution < 1.29 is 4.52 Å². The highest BCUT2D eigenvalue weighted by Gasteiger charge is 2.14. The van der Waals surface area contributed by atoms with Gasteiger partial charge in [0.2, 0.25) is 0 Å². The largest absolute Gasteiger partial charge is 0.359 e. The lowest BCUT2D eigenvalue weighted by molar-refractivity contribution is 0.372. The molecule has 0 radical (unpaired) electrons. The van der Waals surface area contributed by atoms with Gasteiger partial charge in [-0.1, -0.05) is 31.2 Å². The maximum absolute atomic E-state index is 5.42. The Morgan fingerprint density at radius 1 is 1.30 bits per heavy atom. The number of aromatic nitrogens is 1. The maximum atomic E-state index is 5.42. The van der Waals surface area contributed by atoms with Crippen LogP contribution in [0.15, 0.2) is 27.7 Å². The molecule has 1 aliphatic carbocycles. The Hall–Kier alpha value is -1.05. The lowest BCUT2D eigenvalue weighted by atomic mass is 9.99. The van der Waals surface area contributed by atoms with E-state index in [1.54, 1.807) is 0 Å². The first-order chi connectivity index (χ1) is 10.8. The Balaban J connectivity index is 0.00000264. The highest BCUT2D eigenvalue weighted by molar-refractivity contribution is 14.0. The smallest absolute Gasteiger partial charge is 0.191 e. The minimum absolute atomic E-state index is 0. The molecule has 0 amide bonds. The molecule has 0 unspecified atom stereocenters. The second-order valence-electron chi connectivity index (χ2n) is 5.71. The number of nitrogens with one attached hydrogen (secondary N) is 2. The van der Waals surface area contributed by atoms with Crippen molar-refractivity contribution in [1.29, 1.82) is 0 Å². The number of aliphatic imine (C=N–C) groups is 1. The van der Waals surface area contributed by atoms with E-state index in [0.29, 0.717) is 18.5 Å². The Morgan fingerprint density at radius 3 is 2.61 bits per heavy atom. The van der Waals surface area contributed by atoms with Crippen LogP contribution in [-0.2, 0) is 6.54 Å². The molecule has 1 aromatic rings. The van der Waals surface area contributed by atoms with Crippen LogP contribution in [0.25, 0.3) is 0 Å². The highest BCUT2D eigenvalue weighted by Crippen LogP contribution is 2.22. The van der Waals surface area contributed by atoms with E-state index in [4.69, 9.17) is 4.52 Å². The van der Waals surface area contributed by atoms with Crippen LogP contribution >= 0.6 is 24.0 Å². The number of rotatable bonds is 7. The van der Waals surface area contributed by atoms with Crippen LogP contribution in [0.1, 0.15) is 63.8 Å². The molecule has 1 heterocycles.